The number of para-hydroxylation sites is 2. The van der Waals surface area contributed by atoms with Crippen molar-refractivity contribution in [2.45, 2.75) is 23.1 Å². The maximum absolute atomic E-state index is 13.4. The van der Waals surface area contributed by atoms with Gasteiger partial charge >= 0.3 is 0 Å². The summed E-state index contributed by atoms with van der Waals surface area (Å²) < 4.78 is 38.4. The molecule has 5 nitrogen and oxygen atoms in total. The number of hydrogen-bond donors (Lipinski definition) is 0. The smallest absolute Gasteiger partial charge is 0.239 e. The lowest BCUT2D eigenvalue weighted by Crippen LogP contribution is -2.16. The lowest BCUT2D eigenvalue weighted by molar-refractivity contribution is 0.404. The molecule has 0 bridgehead atoms. The van der Waals surface area contributed by atoms with Crippen molar-refractivity contribution in [1.29, 1.82) is 0 Å². The van der Waals surface area contributed by atoms with Gasteiger partial charge in [0, 0.05) is 5.39 Å². The lowest BCUT2D eigenvalue weighted by Gasteiger charge is -2.09. The van der Waals surface area contributed by atoms with Crippen LogP contribution in [0, 0.1) is 0 Å². The Labute approximate surface area is 175 Å². The van der Waals surface area contributed by atoms with Crippen molar-refractivity contribution >= 4 is 26.5 Å². The number of sulfone groups is 1. The van der Waals surface area contributed by atoms with Gasteiger partial charge < -0.3 is 9.15 Å². The van der Waals surface area contributed by atoms with Crippen LogP contribution in [-0.4, -0.2) is 15.5 Å². The van der Waals surface area contributed by atoms with Crippen LogP contribution in [-0.2, 0) is 16.3 Å². The van der Waals surface area contributed by atoms with Crippen LogP contribution in [0.4, 0.5) is 5.69 Å². The number of hydrogen-bond acceptors (Lipinski definition) is 5. The number of benzene rings is 3. The molecule has 0 unspecified atom stereocenters. The summed E-state index contributed by atoms with van der Waals surface area (Å²) in [5.41, 5.74) is 2.13. The van der Waals surface area contributed by atoms with Crippen LogP contribution in [0.25, 0.3) is 11.0 Å². The first-order valence-corrected chi connectivity index (χ1v) is 11.1. The van der Waals surface area contributed by atoms with E-state index in [1.54, 1.807) is 61.7 Å². The van der Waals surface area contributed by atoms with E-state index in [4.69, 9.17) is 9.15 Å². The molecule has 0 aliphatic heterocycles. The van der Waals surface area contributed by atoms with Gasteiger partial charge in [-0.05, 0) is 42.3 Å². The topological polar surface area (TPSA) is 68.9 Å². The van der Waals surface area contributed by atoms with E-state index in [0.717, 1.165) is 12.0 Å². The Morgan fingerprint density at radius 2 is 1.67 bits per heavy atom. The summed E-state index contributed by atoms with van der Waals surface area (Å²) >= 11 is 0. The summed E-state index contributed by atoms with van der Waals surface area (Å²) in [5.74, 6) is 0.511. The summed E-state index contributed by atoms with van der Waals surface area (Å²) in [6.07, 6.45) is 0.761. The minimum absolute atomic E-state index is 0.0142. The van der Waals surface area contributed by atoms with Crippen LogP contribution in [0.2, 0.25) is 0 Å². The van der Waals surface area contributed by atoms with Gasteiger partial charge in [-0.1, -0.05) is 55.5 Å². The van der Waals surface area contributed by atoms with E-state index in [0.29, 0.717) is 22.4 Å². The Morgan fingerprint density at radius 3 is 2.40 bits per heavy atom. The number of rotatable bonds is 5. The second-order valence-electron chi connectivity index (χ2n) is 6.70. The van der Waals surface area contributed by atoms with Crippen molar-refractivity contribution < 1.29 is 17.6 Å². The lowest BCUT2D eigenvalue weighted by atomic mass is 10.1. The molecular weight excluding hydrogens is 398 g/mol. The van der Waals surface area contributed by atoms with Crippen molar-refractivity contribution in [3.05, 3.63) is 90.0 Å². The second-order valence-corrected chi connectivity index (χ2v) is 8.62. The van der Waals surface area contributed by atoms with Crippen LogP contribution in [0.3, 0.4) is 0 Å². The molecule has 0 radical (unpaired) electrons. The molecular formula is C24H21NO4S. The predicted octanol–water partition coefficient (Wildman–Crippen LogP) is 5.07. The Hall–Kier alpha value is -3.38. The Morgan fingerprint density at radius 1 is 0.933 bits per heavy atom. The highest BCUT2D eigenvalue weighted by molar-refractivity contribution is 7.91. The van der Waals surface area contributed by atoms with Gasteiger partial charge in [-0.15, -0.1) is 0 Å². The molecule has 0 saturated carbocycles. The quantitative estimate of drug-likeness (QED) is 0.453. The second kappa shape index (κ2) is 8.16. The molecule has 0 fully saturated rings. The molecule has 30 heavy (non-hydrogen) atoms. The van der Waals surface area contributed by atoms with Gasteiger partial charge in [0.25, 0.3) is 0 Å². The molecule has 0 spiro atoms. The zero-order valence-electron chi connectivity index (χ0n) is 16.7. The molecule has 1 heterocycles. The first-order valence-electron chi connectivity index (χ1n) is 9.58. The van der Waals surface area contributed by atoms with Gasteiger partial charge in [0.05, 0.1) is 17.7 Å². The van der Waals surface area contributed by atoms with Crippen molar-refractivity contribution in [1.82, 2.24) is 0 Å². The fourth-order valence-corrected chi connectivity index (χ4v) is 4.66. The van der Waals surface area contributed by atoms with Crippen LogP contribution < -0.4 is 10.3 Å². The normalized spacial score (nSPS) is 12.3. The summed E-state index contributed by atoms with van der Waals surface area (Å²) in [7, 11) is -2.30. The maximum atomic E-state index is 13.4. The van der Waals surface area contributed by atoms with Crippen molar-refractivity contribution in [2.24, 2.45) is 4.99 Å². The molecule has 6 heteroatoms. The van der Waals surface area contributed by atoms with Crippen molar-refractivity contribution in [3.63, 3.8) is 0 Å². The number of aryl methyl sites for hydroxylation is 1. The third-order valence-corrected chi connectivity index (χ3v) is 6.63. The first kappa shape index (κ1) is 19.9. The minimum atomic E-state index is -3.85. The Kier molecular flexibility index (Phi) is 5.42. The summed E-state index contributed by atoms with van der Waals surface area (Å²) in [6.45, 7) is 2.02. The summed E-state index contributed by atoms with van der Waals surface area (Å²) in [6, 6.07) is 22.8. The standard InChI is InChI=1S/C24H21NO4S/c1-3-17-10-7-8-14-20(17)25-24-22(30(26,27)19-12-5-4-6-13-19)16-18-11-9-15-21(28-2)23(18)29-24/h4-16H,3H2,1-2H3. The van der Waals surface area contributed by atoms with E-state index in [2.05, 4.69) is 4.99 Å². The average Bonchev–Trinajstić information content (AvgIpc) is 2.79. The highest BCUT2D eigenvalue weighted by atomic mass is 32.2. The number of fused-ring (bicyclic) bond motifs is 1. The van der Waals surface area contributed by atoms with Crippen LogP contribution in [0.1, 0.15) is 12.5 Å². The molecule has 152 valence electrons. The molecule has 3 aromatic carbocycles. The fraction of sp³-hybridized carbons (Fsp3) is 0.125. The van der Waals surface area contributed by atoms with Crippen LogP contribution in [0.15, 0.2) is 98.1 Å². The fourth-order valence-electron chi connectivity index (χ4n) is 3.29. The molecule has 0 amide bonds. The van der Waals surface area contributed by atoms with Gasteiger partial charge in [-0.25, -0.2) is 13.4 Å². The molecule has 0 N–H and O–H groups in total. The van der Waals surface area contributed by atoms with Gasteiger partial charge in [-0.2, -0.15) is 0 Å². The number of ether oxygens (including phenoxy) is 1. The highest BCUT2D eigenvalue weighted by Gasteiger charge is 2.23. The van der Waals surface area contributed by atoms with E-state index in [1.807, 2.05) is 31.2 Å². The van der Waals surface area contributed by atoms with E-state index >= 15 is 0 Å². The van der Waals surface area contributed by atoms with Gasteiger partial charge in [0.1, 0.15) is 4.90 Å². The summed E-state index contributed by atoms with van der Waals surface area (Å²) in [4.78, 5) is 4.83. The SMILES string of the molecule is CCc1ccccc1N=c1oc2c(OC)cccc2cc1S(=O)(=O)c1ccccc1. The molecule has 0 aliphatic carbocycles. The third-order valence-electron chi connectivity index (χ3n) is 4.86. The van der Waals surface area contributed by atoms with E-state index in [-0.39, 0.29) is 15.3 Å². The van der Waals surface area contributed by atoms with E-state index in [9.17, 15) is 8.42 Å². The molecule has 0 atom stereocenters. The minimum Gasteiger partial charge on any atom is -0.493 e. The monoisotopic (exact) mass is 419 g/mol. The van der Waals surface area contributed by atoms with E-state index < -0.39 is 9.84 Å². The molecule has 4 aromatic rings. The largest absolute Gasteiger partial charge is 0.493 e. The number of methoxy groups -OCH3 is 1. The summed E-state index contributed by atoms with van der Waals surface area (Å²) in [5, 5.41) is 0.617. The third kappa shape index (κ3) is 3.62. The first-order chi connectivity index (χ1) is 14.5. The molecule has 1 aromatic heterocycles. The maximum Gasteiger partial charge on any atom is 0.239 e. The molecule has 0 aliphatic rings. The highest BCUT2D eigenvalue weighted by Crippen LogP contribution is 2.28. The average molecular weight is 420 g/mol. The zero-order chi connectivity index (χ0) is 21.1. The Bertz CT molecular complexity index is 1370. The van der Waals surface area contributed by atoms with Gasteiger partial charge in [-0.3, -0.25) is 0 Å². The van der Waals surface area contributed by atoms with Crippen molar-refractivity contribution in [2.75, 3.05) is 7.11 Å². The number of nitrogens with zero attached hydrogens (tertiary/aromatic N) is 1. The van der Waals surface area contributed by atoms with Crippen molar-refractivity contribution in [3.8, 4) is 5.75 Å². The molecule has 0 saturated heterocycles. The van der Waals surface area contributed by atoms with Crippen LogP contribution >= 0.6 is 0 Å². The molecule has 4 rings (SSSR count). The van der Waals surface area contributed by atoms with Crippen LogP contribution in [0.5, 0.6) is 5.75 Å². The predicted molar refractivity (Wildman–Crippen MR) is 116 cm³/mol. The van der Waals surface area contributed by atoms with Gasteiger partial charge in [0.2, 0.25) is 15.4 Å². The van der Waals surface area contributed by atoms with Gasteiger partial charge in [0.15, 0.2) is 11.3 Å². The zero-order valence-corrected chi connectivity index (χ0v) is 17.5. The Balaban J connectivity index is 2.09. The van der Waals surface area contributed by atoms with E-state index in [1.165, 1.54) is 0 Å².